The van der Waals surface area contributed by atoms with Crippen LogP contribution in [0.1, 0.15) is 20.3 Å². The van der Waals surface area contributed by atoms with E-state index in [1.807, 2.05) is 0 Å². The van der Waals surface area contributed by atoms with Crippen LogP contribution in [0.2, 0.25) is 0 Å². The lowest BCUT2D eigenvalue weighted by molar-refractivity contribution is -0.166. The molecule has 0 aliphatic carbocycles. The van der Waals surface area contributed by atoms with E-state index in [1.165, 1.54) is 24.3 Å². The highest BCUT2D eigenvalue weighted by Crippen LogP contribution is 2.52. The molecular weight excluding hydrogens is 231 g/mol. The Labute approximate surface area is 98.4 Å². The first-order valence-electron chi connectivity index (χ1n) is 5.82. The summed E-state index contributed by atoms with van der Waals surface area (Å²) >= 11 is 0. The summed E-state index contributed by atoms with van der Waals surface area (Å²) in [4.78, 5) is 0. The van der Waals surface area contributed by atoms with Gasteiger partial charge in [-0.2, -0.15) is 18.4 Å². The largest absolute Gasteiger partial charge is 0.442 e. The molecule has 1 aromatic carbocycles. The van der Waals surface area contributed by atoms with Crippen LogP contribution in [0, 0.1) is 11.3 Å². The minimum atomic E-state index is -4.58. The maximum absolute atomic E-state index is 12.7. The second-order valence-electron chi connectivity index (χ2n) is 3.45. The van der Waals surface area contributed by atoms with E-state index in [2.05, 4.69) is 10.2 Å². The predicted molar refractivity (Wildman–Crippen MR) is 53.0 cm³/mol. The van der Waals surface area contributed by atoms with Gasteiger partial charge in [-0.25, -0.2) is 0 Å². The van der Waals surface area contributed by atoms with Gasteiger partial charge >= 0.3 is 11.8 Å². The first-order chi connectivity index (χ1) is 8.82. The van der Waals surface area contributed by atoms with Crippen molar-refractivity contribution < 1.29 is 15.9 Å². The number of rotatable bonds is 3. The van der Waals surface area contributed by atoms with Crippen LogP contribution in [0.4, 0.5) is 13.2 Å². The SMILES string of the molecule is [2H]C(C#N)C([2H])c1ccc(C2(C(F)(F)F)N=N2)cc1. The molecule has 88 valence electrons. The molecule has 0 fully saturated rings. The second-order valence-corrected chi connectivity index (χ2v) is 3.45. The van der Waals surface area contributed by atoms with Gasteiger partial charge in [0.25, 0.3) is 0 Å². The summed E-state index contributed by atoms with van der Waals surface area (Å²) in [5.74, 6) is 0. The minimum Gasteiger partial charge on any atom is -0.198 e. The highest BCUT2D eigenvalue weighted by atomic mass is 19.4. The van der Waals surface area contributed by atoms with Gasteiger partial charge < -0.3 is 0 Å². The van der Waals surface area contributed by atoms with Crippen LogP contribution in [0.25, 0.3) is 0 Å². The summed E-state index contributed by atoms with van der Waals surface area (Å²) in [7, 11) is 0. The van der Waals surface area contributed by atoms with Crippen molar-refractivity contribution in [1.82, 2.24) is 0 Å². The summed E-state index contributed by atoms with van der Waals surface area (Å²) in [6, 6.07) is 6.55. The maximum Gasteiger partial charge on any atom is 0.442 e. The van der Waals surface area contributed by atoms with Crippen molar-refractivity contribution in [3.63, 3.8) is 0 Å². The van der Waals surface area contributed by atoms with Crippen molar-refractivity contribution in [3.8, 4) is 6.07 Å². The molecule has 0 radical (unpaired) electrons. The van der Waals surface area contributed by atoms with Crippen molar-refractivity contribution >= 4 is 0 Å². The van der Waals surface area contributed by atoms with Gasteiger partial charge in [-0.1, -0.05) is 24.3 Å². The molecule has 17 heavy (non-hydrogen) atoms. The summed E-state index contributed by atoms with van der Waals surface area (Å²) in [5.41, 5.74) is -2.30. The monoisotopic (exact) mass is 241 g/mol. The molecule has 2 rings (SSSR count). The van der Waals surface area contributed by atoms with Crippen LogP contribution >= 0.6 is 0 Å². The Hall–Kier alpha value is -1.90. The fourth-order valence-electron chi connectivity index (χ4n) is 1.40. The highest BCUT2D eigenvalue weighted by molar-refractivity contribution is 5.32. The first kappa shape index (κ1) is 9.16. The van der Waals surface area contributed by atoms with E-state index in [4.69, 9.17) is 8.00 Å². The van der Waals surface area contributed by atoms with Crippen LogP contribution in [0.3, 0.4) is 0 Å². The average molecular weight is 241 g/mol. The Bertz CT molecular complexity index is 542. The Morgan fingerprint density at radius 1 is 1.29 bits per heavy atom. The number of aryl methyl sites for hydroxylation is 1. The lowest BCUT2D eigenvalue weighted by atomic mass is 10.00. The van der Waals surface area contributed by atoms with Crippen LogP contribution in [-0.2, 0) is 12.1 Å². The van der Waals surface area contributed by atoms with Crippen LogP contribution in [0.5, 0.6) is 0 Å². The minimum absolute atomic E-state index is 0.130. The third kappa shape index (κ3) is 2.00. The number of hydrogen-bond acceptors (Lipinski definition) is 3. The number of alkyl halides is 3. The molecular formula is C11H8F3N3. The highest BCUT2D eigenvalue weighted by Gasteiger charge is 2.65. The number of nitriles is 1. The third-order valence-electron chi connectivity index (χ3n) is 2.36. The molecule has 0 N–H and O–H groups in total. The standard InChI is InChI=1S/C11H8F3N3/c12-11(13,14)10(16-17-10)9-5-3-8(4-6-9)2-1-7-15/h3-6H,1-2H2/i1D,2D. The number of benzene rings is 1. The number of hydrogen-bond donors (Lipinski definition) is 0. The van der Waals surface area contributed by atoms with E-state index >= 15 is 0 Å². The van der Waals surface area contributed by atoms with E-state index < -0.39 is 24.6 Å². The topological polar surface area (TPSA) is 48.5 Å². The zero-order chi connectivity index (χ0) is 14.3. The smallest absolute Gasteiger partial charge is 0.198 e. The molecule has 2 atom stereocenters. The molecule has 1 aromatic rings. The normalized spacial score (nSPS) is 22.0. The molecule has 0 saturated heterocycles. The Morgan fingerprint density at radius 2 is 1.88 bits per heavy atom. The average Bonchev–Trinajstić information content (AvgIpc) is 3.18. The Kier molecular flexibility index (Phi) is 2.07. The fraction of sp³-hybridized carbons (Fsp3) is 0.364. The van der Waals surface area contributed by atoms with Gasteiger partial charge in [0.05, 0.1) is 6.07 Å². The summed E-state index contributed by atoms with van der Waals surface area (Å²) in [5, 5.41) is 14.7. The van der Waals surface area contributed by atoms with Crippen LogP contribution in [-0.4, -0.2) is 6.18 Å². The zero-order valence-corrected chi connectivity index (χ0v) is 8.44. The molecule has 6 heteroatoms. The van der Waals surface area contributed by atoms with Crippen molar-refractivity contribution in [2.24, 2.45) is 10.2 Å². The van der Waals surface area contributed by atoms with Gasteiger partial charge in [-0.05, 0) is 12.0 Å². The van der Waals surface area contributed by atoms with Gasteiger partial charge in [0.1, 0.15) is 0 Å². The maximum atomic E-state index is 12.7. The summed E-state index contributed by atoms with van der Waals surface area (Å²) < 4.78 is 53.1. The van der Waals surface area contributed by atoms with Gasteiger partial charge in [-0.3, -0.25) is 0 Å². The van der Waals surface area contributed by atoms with Crippen LogP contribution in [0.15, 0.2) is 34.5 Å². The van der Waals surface area contributed by atoms with Gasteiger partial charge in [0.2, 0.25) is 0 Å². The van der Waals surface area contributed by atoms with Gasteiger partial charge in [-0.15, -0.1) is 10.2 Å². The Morgan fingerprint density at radius 3 is 2.29 bits per heavy atom. The molecule has 1 aliphatic heterocycles. The number of halogens is 3. The Balaban J connectivity index is 2.24. The second kappa shape index (κ2) is 3.84. The van der Waals surface area contributed by atoms with E-state index in [9.17, 15) is 13.2 Å². The van der Waals surface area contributed by atoms with Crippen molar-refractivity contribution in [2.75, 3.05) is 0 Å². The molecule has 0 spiro atoms. The molecule has 0 saturated carbocycles. The fourth-order valence-corrected chi connectivity index (χ4v) is 1.40. The first-order valence-corrected chi connectivity index (χ1v) is 4.67. The lowest BCUT2D eigenvalue weighted by Gasteiger charge is -2.14. The van der Waals surface area contributed by atoms with Crippen LogP contribution < -0.4 is 0 Å². The summed E-state index contributed by atoms with van der Waals surface area (Å²) in [6.07, 6.45) is -6.98. The van der Waals surface area contributed by atoms with Crippen molar-refractivity contribution in [2.45, 2.75) is 24.6 Å². The van der Waals surface area contributed by atoms with E-state index in [0.717, 1.165) is 0 Å². The molecule has 1 aliphatic rings. The quantitative estimate of drug-likeness (QED) is 0.800. The molecule has 0 bridgehead atoms. The third-order valence-corrected chi connectivity index (χ3v) is 2.36. The van der Waals surface area contributed by atoms with Crippen molar-refractivity contribution in [3.05, 3.63) is 35.4 Å². The van der Waals surface area contributed by atoms with Gasteiger partial charge in [0.15, 0.2) is 0 Å². The van der Waals surface area contributed by atoms with Crippen molar-refractivity contribution in [1.29, 1.82) is 5.26 Å². The predicted octanol–water partition coefficient (Wildman–Crippen LogP) is 3.32. The zero-order valence-electron chi connectivity index (χ0n) is 10.4. The molecule has 2 unspecified atom stereocenters. The molecule has 0 amide bonds. The molecule has 1 heterocycles. The molecule has 0 aromatic heterocycles. The van der Waals surface area contributed by atoms with Gasteiger partial charge in [0, 0.05) is 14.7 Å². The van der Waals surface area contributed by atoms with E-state index in [1.54, 1.807) is 6.07 Å². The lowest BCUT2D eigenvalue weighted by Crippen LogP contribution is -2.30. The summed E-state index contributed by atoms with van der Waals surface area (Å²) in [6.45, 7) is 0. The van der Waals surface area contributed by atoms with E-state index in [-0.39, 0.29) is 5.56 Å². The molecule has 3 nitrogen and oxygen atoms in total. The van der Waals surface area contributed by atoms with E-state index in [0.29, 0.717) is 5.56 Å². The number of nitrogens with zero attached hydrogens (tertiary/aromatic N) is 3.